The Kier molecular flexibility index (Phi) is 5.56. The molecule has 0 aromatic heterocycles. The van der Waals surface area contributed by atoms with Crippen molar-refractivity contribution in [3.63, 3.8) is 0 Å². The standard InChI is InChI=1S/C12H15NO3S/c1-2-17-10-5-3-9(4-6-10)8-13-11(14)7-12(15)16/h3-6H,2,7-8H2,1H3,(H,13,14)(H,15,16). The molecule has 5 heteroatoms. The number of rotatable bonds is 6. The Morgan fingerprint density at radius 3 is 2.47 bits per heavy atom. The molecule has 92 valence electrons. The summed E-state index contributed by atoms with van der Waals surface area (Å²) in [5.74, 6) is -0.559. The second-order valence-electron chi connectivity index (χ2n) is 3.42. The van der Waals surface area contributed by atoms with Gasteiger partial charge in [-0.3, -0.25) is 9.59 Å². The van der Waals surface area contributed by atoms with Gasteiger partial charge in [0.05, 0.1) is 0 Å². The van der Waals surface area contributed by atoms with Gasteiger partial charge in [0.15, 0.2) is 0 Å². The van der Waals surface area contributed by atoms with Crippen LogP contribution in [-0.2, 0) is 16.1 Å². The molecular weight excluding hydrogens is 238 g/mol. The molecule has 2 N–H and O–H groups in total. The molecule has 0 spiro atoms. The van der Waals surface area contributed by atoms with Gasteiger partial charge in [0.1, 0.15) is 6.42 Å². The molecule has 0 aliphatic carbocycles. The van der Waals surface area contributed by atoms with Crippen LogP contribution in [0.4, 0.5) is 0 Å². The summed E-state index contributed by atoms with van der Waals surface area (Å²) in [5.41, 5.74) is 0.962. The maximum Gasteiger partial charge on any atom is 0.312 e. The van der Waals surface area contributed by atoms with Gasteiger partial charge in [0.2, 0.25) is 5.91 Å². The van der Waals surface area contributed by atoms with Crippen molar-refractivity contribution in [3.05, 3.63) is 29.8 Å². The van der Waals surface area contributed by atoms with Crippen LogP contribution in [0.3, 0.4) is 0 Å². The minimum absolute atomic E-state index is 0.364. The van der Waals surface area contributed by atoms with Gasteiger partial charge in [-0.15, -0.1) is 11.8 Å². The van der Waals surface area contributed by atoms with Gasteiger partial charge in [-0.2, -0.15) is 0 Å². The van der Waals surface area contributed by atoms with Crippen molar-refractivity contribution >= 4 is 23.6 Å². The Balaban J connectivity index is 2.41. The fourth-order valence-electron chi connectivity index (χ4n) is 1.27. The van der Waals surface area contributed by atoms with Crippen molar-refractivity contribution in [1.29, 1.82) is 0 Å². The minimum atomic E-state index is -1.11. The second kappa shape index (κ2) is 6.96. The molecule has 1 rings (SSSR count). The molecule has 0 unspecified atom stereocenters. The molecule has 0 aliphatic heterocycles. The summed E-state index contributed by atoms with van der Waals surface area (Å²) in [6.45, 7) is 2.45. The third kappa shape index (κ3) is 5.40. The summed E-state index contributed by atoms with van der Waals surface area (Å²) in [5, 5.41) is 11.0. The fourth-order valence-corrected chi connectivity index (χ4v) is 1.93. The van der Waals surface area contributed by atoms with Gasteiger partial charge in [-0.25, -0.2) is 0 Å². The third-order valence-electron chi connectivity index (χ3n) is 2.04. The normalized spacial score (nSPS) is 9.94. The van der Waals surface area contributed by atoms with E-state index in [1.807, 2.05) is 24.3 Å². The molecule has 17 heavy (non-hydrogen) atoms. The molecule has 1 aromatic carbocycles. The largest absolute Gasteiger partial charge is 0.481 e. The van der Waals surface area contributed by atoms with Gasteiger partial charge in [-0.1, -0.05) is 19.1 Å². The van der Waals surface area contributed by atoms with E-state index < -0.39 is 18.3 Å². The number of nitrogens with one attached hydrogen (secondary N) is 1. The van der Waals surface area contributed by atoms with Gasteiger partial charge in [-0.05, 0) is 23.4 Å². The van der Waals surface area contributed by atoms with E-state index in [4.69, 9.17) is 5.11 Å². The number of aliphatic carboxylic acids is 1. The van der Waals surface area contributed by atoms with Crippen molar-refractivity contribution < 1.29 is 14.7 Å². The van der Waals surface area contributed by atoms with Crippen LogP contribution in [0.1, 0.15) is 18.9 Å². The van der Waals surface area contributed by atoms with E-state index in [-0.39, 0.29) is 0 Å². The van der Waals surface area contributed by atoms with E-state index in [2.05, 4.69) is 12.2 Å². The summed E-state index contributed by atoms with van der Waals surface area (Å²) >= 11 is 1.75. The van der Waals surface area contributed by atoms with Crippen LogP contribution in [0.15, 0.2) is 29.2 Å². The quantitative estimate of drug-likeness (QED) is 0.600. The van der Waals surface area contributed by atoms with E-state index in [0.717, 1.165) is 11.3 Å². The maximum absolute atomic E-state index is 11.1. The van der Waals surface area contributed by atoms with Crippen molar-refractivity contribution in [2.24, 2.45) is 0 Å². The number of carboxylic acid groups (broad SMARTS) is 1. The van der Waals surface area contributed by atoms with Crippen LogP contribution in [0.2, 0.25) is 0 Å². The van der Waals surface area contributed by atoms with Gasteiger partial charge >= 0.3 is 5.97 Å². The highest BCUT2D eigenvalue weighted by Crippen LogP contribution is 2.17. The molecule has 1 amide bonds. The zero-order valence-electron chi connectivity index (χ0n) is 9.60. The first-order valence-corrected chi connectivity index (χ1v) is 6.30. The van der Waals surface area contributed by atoms with E-state index >= 15 is 0 Å². The van der Waals surface area contributed by atoms with Crippen molar-refractivity contribution in [1.82, 2.24) is 5.32 Å². The SMILES string of the molecule is CCSc1ccc(CNC(=O)CC(=O)O)cc1. The number of amides is 1. The molecule has 0 saturated carbocycles. The molecule has 0 atom stereocenters. The first-order valence-electron chi connectivity index (χ1n) is 5.32. The van der Waals surface area contributed by atoms with Crippen LogP contribution >= 0.6 is 11.8 Å². The minimum Gasteiger partial charge on any atom is -0.481 e. The maximum atomic E-state index is 11.1. The van der Waals surface area contributed by atoms with Crippen molar-refractivity contribution in [2.45, 2.75) is 24.8 Å². The molecule has 4 nitrogen and oxygen atoms in total. The smallest absolute Gasteiger partial charge is 0.312 e. The summed E-state index contributed by atoms with van der Waals surface area (Å²) in [6.07, 6.45) is -0.482. The Morgan fingerprint density at radius 1 is 1.29 bits per heavy atom. The summed E-state index contributed by atoms with van der Waals surface area (Å²) in [4.78, 5) is 22.6. The van der Waals surface area contributed by atoms with E-state index in [1.54, 1.807) is 11.8 Å². The second-order valence-corrected chi connectivity index (χ2v) is 4.76. The van der Waals surface area contributed by atoms with Gasteiger partial charge < -0.3 is 10.4 Å². The van der Waals surface area contributed by atoms with Gasteiger partial charge in [0, 0.05) is 11.4 Å². The predicted molar refractivity (Wildman–Crippen MR) is 66.9 cm³/mol. The average Bonchev–Trinajstić information content (AvgIpc) is 2.28. The number of carbonyl (C=O) groups is 2. The lowest BCUT2D eigenvalue weighted by molar-refractivity contribution is -0.140. The number of thioether (sulfide) groups is 1. The highest BCUT2D eigenvalue weighted by molar-refractivity contribution is 7.99. The van der Waals surface area contributed by atoms with Crippen LogP contribution in [0, 0.1) is 0 Å². The molecule has 0 aliphatic rings. The highest BCUT2D eigenvalue weighted by Gasteiger charge is 2.06. The summed E-state index contributed by atoms with van der Waals surface area (Å²) < 4.78 is 0. The van der Waals surface area contributed by atoms with Crippen molar-refractivity contribution in [3.8, 4) is 0 Å². The highest BCUT2D eigenvalue weighted by atomic mass is 32.2. The molecule has 0 bridgehead atoms. The first-order chi connectivity index (χ1) is 8.11. The van der Waals surface area contributed by atoms with Gasteiger partial charge in [0.25, 0.3) is 0 Å². The van der Waals surface area contributed by atoms with Crippen LogP contribution in [-0.4, -0.2) is 22.7 Å². The van der Waals surface area contributed by atoms with Crippen LogP contribution in [0.25, 0.3) is 0 Å². The first kappa shape index (κ1) is 13.6. The monoisotopic (exact) mass is 253 g/mol. The Labute approximate surface area is 104 Å². The van der Waals surface area contributed by atoms with E-state index in [1.165, 1.54) is 4.90 Å². The topological polar surface area (TPSA) is 66.4 Å². The number of benzene rings is 1. The zero-order valence-corrected chi connectivity index (χ0v) is 10.4. The van der Waals surface area contributed by atoms with E-state index in [0.29, 0.717) is 6.54 Å². The Bertz CT molecular complexity index is 389. The number of hydrogen-bond donors (Lipinski definition) is 2. The Hall–Kier alpha value is -1.49. The lowest BCUT2D eigenvalue weighted by Crippen LogP contribution is -2.24. The summed E-state index contributed by atoms with van der Waals surface area (Å²) in [7, 11) is 0. The molecule has 0 radical (unpaired) electrons. The lowest BCUT2D eigenvalue weighted by atomic mass is 10.2. The molecule has 0 heterocycles. The molecule has 0 saturated heterocycles. The average molecular weight is 253 g/mol. The zero-order chi connectivity index (χ0) is 12.7. The van der Waals surface area contributed by atoms with E-state index in [9.17, 15) is 9.59 Å². The Morgan fingerprint density at radius 2 is 1.94 bits per heavy atom. The number of carbonyl (C=O) groups excluding carboxylic acids is 1. The van der Waals surface area contributed by atoms with Crippen LogP contribution in [0.5, 0.6) is 0 Å². The number of hydrogen-bond acceptors (Lipinski definition) is 3. The molecule has 1 aromatic rings. The lowest BCUT2D eigenvalue weighted by Gasteiger charge is -2.05. The number of carboxylic acids is 1. The van der Waals surface area contributed by atoms with Crippen LogP contribution < -0.4 is 5.32 Å². The van der Waals surface area contributed by atoms with Crippen molar-refractivity contribution in [2.75, 3.05) is 5.75 Å². The fraction of sp³-hybridized carbons (Fsp3) is 0.333. The predicted octanol–water partition coefficient (Wildman–Crippen LogP) is 1.89. The molecule has 0 fully saturated rings. The summed E-state index contributed by atoms with van der Waals surface area (Å²) in [6, 6.07) is 7.85. The third-order valence-corrected chi connectivity index (χ3v) is 2.93. The molecular formula is C12H15NO3S.